The molecule has 2 aliphatic rings. The summed E-state index contributed by atoms with van der Waals surface area (Å²) in [6.45, 7) is 1.12. The van der Waals surface area contributed by atoms with Gasteiger partial charge >= 0.3 is 11.4 Å². The fraction of sp³-hybridized carbons (Fsp3) is 0.524. The number of aliphatic hydroxyl groups is 4. The highest BCUT2D eigenvalue weighted by molar-refractivity contribution is 5.45. The predicted molar refractivity (Wildman–Crippen MR) is 121 cm³/mol. The molecule has 0 amide bonds. The maximum absolute atomic E-state index is 11.7. The van der Waals surface area contributed by atoms with Gasteiger partial charge in [-0.2, -0.15) is 0 Å². The molecule has 6 N–H and O–H groups in total. The molecule has 192 valence electrons. The summed E-state index contributed by atoms with van der Waals surface area (Å²) in [6, 6.07) is 1.20. The van der Waals surface area contributed by atoms with E-state index in [1.165, 1.54) is 27.6 Å². The van der Waals surface area contributed by atoms with Gasteiger partial charge in [0.15, 0.2) is 0 Å². The molecule has 4 heterocycles. The van der Waals surface area contributed by atoms with Crippen molar-refractivity contribution < 1.29 is 29.9 Å². The van der Waals surface area contributed by atoms with Gasteiger partial charge in [-0.1, -0.05) is 12.2 Å². The van der Waals surface area contributed by atoms with Crippen molar-refractivity contribution in [2.24, 2.45) is 0 Å². The van der Waals surface area contributed by atoms with Gasteiger partial charge in [0, 0.05) is 31.3 Å². The lowest BCUT2D eigenvalue weighted by Crippen LogP contribution is -2.33. The van der Waals surface area contributed by atoms with Crippen LogP contribution in [-0.2, 0) is 9.47 Å². The molecular formula is C21H28N4O10. The Labute approximate surface area is 197 Å². The molecule has 35 heavy (non-hydrogen) atoms. The lowest BCUT2D eigenvalue weighted by atomic mass is 10.2. The first-order valence-electron chi connectivity index (χ1n) is 10.9. The van der Waals surface area contributed by atoms with Crippen LogP contribution >= 0.6 is 0 Å². The van der Waals surface area contributed by atoms with E-state index in [9.17, 15) is 29.4 Å². The summed E-state index contributed by atoms with van der Waals surface area (Å²) in [7, 11) is 0. The normalized spacial score (nSPS) is 28.3. The molecule has 4 rings (SSSR count). The van der Waals surface area contributed by atoms with Gasteiger partial charge in [-0.3, -0.25) is 28.7 Å². The third kappa shape index (κ3) is 6.11. The van der Waals surface area contributed by atoms with Gasteiger partial charge in [0.25, 0.3) is 11.1 Å². The van der Waals surface area contributed by atoms with E-state index in [0.717, 1.165) is 0 Å². The lowest BCUT2D eigenvalue weighted by molar-refractivity contribution is -0.0459. The topological polar surface area (TPSA) is 209 Å². The number of H-pyrrole nitrogens is 2. The number of nitrogens with one attached hydrogen (secondary N) is 2. The Morgan fingerprint density at radius 1 is 0.943 bits per heavy atom. The molecule has 0 radical (unpaired) electrons. The molecule has 2 aromatic rings. The van der Waals surface area contributed by atoms with E-state index >= 15 is 0 Å². The highest BCUT2D eigenvalue weighted by Crippen LogP contribution is 2.28. The number of aliphatic hydroxyl groups excluding tert-OH is 4. The van der Waals surface area contributed by atoms with Crippen LogP contribution in [0, 0.1) is 0 Å². The van der Waals surface area contributed by atoms with Crippen molar-refractivity contribution in [3.63, 3.8) is 0 Å². The molecule has 2 aromatic heterocycles. The van der Waals surface area contributed by atoms with Crippen molar-refractivity contribution in [1.29, 1.82) is 0 Å². The van der Waals surface area contributed by atoms with Crippen LogP contribution in [-0.4, -0.2) is 77.2 Å². The molecule has 0 aliphatic carbocycles. The standard InChI is InChI=1S/C12H16N2O5.C9H12N2O5/c1-2-3-7-5-14(12(18)13-11(7)17)10-4-8(16)9(6-15)19-10;12-4-6-5(13)3-8(16-6)11-2-1-7(14)10-9(11)15/h2-3,5,8-10,15-16H,4,6H2,1H3,(H,13,17,18);1-2,5-6,8,12-13H,3-4H2,(H,10,14,15)/b3-2+;/t8-,9+,10+;5-,6+,8+/m00/s1. The predicted octanol–water partition coefficient (Wildman–Crippen LogP) is -2.61. The van der Waals surface area contributed by atoms with Crippen LogP contribution in [0.5, 0.6) is 0 Å². The average Bonchev–Trinajstić information content (AvgIpc) is 3.37. The minimum absolute atomic E-state index is 0.187. The highest BCUT2D eigenvalue weighted by Gasteiger charge is 2.35. The summed E-state index contributed by atoms with van der Waals surface area (Å²) in [5, 5.41) is 37.0. The second kappa shape index (κ2) is 11.5. The number of rotatable bonds is 5. The van der Waals surface area contributed by atoms with Gasteiger partial charge in [-0.15, -0.1) is 0 Å². The lowest BCUT2D eigenvalue weighted by Gasteiger charge is -2.14. The van der Waals surface area contributed by atoms with E-state index in [-0.39, 0.29) is 26.1 Å². The first-order valence-corrected chi connectivity index (χ1v) is 10.9. The van der Waals surface area contributed by atoms with E-state index < -0.39 is 59.4 Å². The maximum atomic E-state index is 11.7. The van der Waals surface area contributed by atoms with Crippen LogP contribution in [0.2, 0.25) is 0 Å². The quantitative estimate of drug-likeness (QED) is 0.254. The Balaban J connectivity index is 0.000000198. The van der Waals surface area contributed by atoms with E-state index in [1.54, 1.807) is 19.1 Å². The van der Waals surface area contributed by atoms with Crippen LogP contribution in [0.1, 0.15) is 37.8 Å². The van der Waals surface area contributed by atoms with Gasteiger partial charge < -0.3 is 29.9 Å². The molecule has 6 atom stereocenters. The SMILES string of the molecule is C/C=C/c1cn([C@H]2C[C@H](O)[C@@H](CO)O2)c(=O)[nH]c1=O.O=c1ccn([C@H]2C[C@H](O)[C@@H](CO)O2)c(=O)[nH]1. The van der Waals surface area contributed by atoms with Crippen molar-refractivity contribution in [3.05, 3.63) is 71.8 Å². The number of hydrogen-bond donors (Lipinski definition) is 6. The first-order chi connectivity index (χ1) is 16.7. The van der Waals surface area contributed by atoms with Crippen molar-refractivity contribution in [2.45, 2.75) is 56.6 Å². The zero-order valence-corrected chi connectivity index (χ0v) is 18.8. The molecule has 14 nitrogen and oxygen atoms in total. The smallest absolute Gasteiger partial charge is 0.330 e. The molecule has 2 fully saturated rings. The molecule has 0 aromatic carbocycles. The fourth-order valence-corrected chi connectivity index (χ4v) is 3.77. The van der Waals surface area contributed by atoms with Gasteiger partial charge in [0.2, 0.25) is 0 Å². The molecule has 14 heteroatoms. The van der Waals surface area contributed by atoms with E-state index in [0.29, 0.717) is 5.56 Å². The second-order valence-electron chi connectivity index (χ2n) is 8.00. The van der Waals surface area contributed by atoms with Gasteiger partial charge in [0.05, 0.1) is 31.0 Å². The summed E-state index contributed by atoms with van der Waals surface area (Å²) in [6.07, 6.45) is 1.94. The monoisotopic (exact) mass is 496 g/mol. The molecule has 2 aliphatic heterocycles. The maximum Gasteiger partial charge on any atom is 0.330 e. The summed E-state index contributed by atoms with van der Waals surface area (Å²) in [4.78, 5) is 49.8. The number of allylic oxidation sites excluding steroid dienone is 1. The number of ether oxygens (including phenoxy) is 2. The Bertz CT molecular complexity index is 1260. The first kappa shape index (κ1) is 26.5. The van der Waals surface area contributed by atoms with Crippen LogP contribution in [0.3, 0.4) is 0 Å². The third-order valence-corrected chi connectivity index (χ3v) is 5.58. The minimum atomic E-state index is -0.834. The van der Waals surface area contributed by atoms with E-state index in [2.05, 4.69) is 9.97 Å². The summed E-state index contributed by atoms with van der Waals surface area (Å²) >= 11 is 0. The number of aromatic nitrogens is 4. The average molecular weight is 496 g/mol. The van der Waals surface area contributed by atoms with Crippen molar-refractivity contribution in [2.75, 3.05) is 13.2 Å². The van der Waals surface area contributed by atoms with Gasteiger partial charge in [-0.25, -0.2) is 9.59 Å². The Kier molecular flexibility index (Phi) is 8.71. The molecule has 0 bridgehead atoms. The number of aromatic amines is 2. The van der Waals surface area contributed by atoms with Crippen LogP contribution in [0.4, 0.5) is 0 Å². The third-order valence-electron chi connectivity index (χ3n) is 5.58. The molecule has 2 saturated heterocycles. The Hall–Kier alpha value is -3.14. The number of nitrogens with zero attached hydrogens (tertiary/aromatic N) is 2. The van der Waals surface area contributed by atoms with E-state index in [4.69, 9.17) is 19.7 Å². The fourth-order valence-electron chi connectivity index (χ4n) is 3.77. The van der Waals surface area contributed by atoms with Crippen LogP contribution in [0.15, 0.2) is 43.7 Å². The molecule has 0 spiro atoms. The highest BCUT2D eigenvalue weighted by atomic mass is 16.5. The zero-order valence-electron chi connectivity index (χ0n) is 18.8. The second-order valence-corrected chi connectivity index (χ2v) is 8.00. The summed E-state index contributed by atoms with van der Waals surface area (Å²) < 4.78 is 13.0. The van der Waals surface area contributed by atoms with Gasteiger partial charge in [0.1, 0.15) is 24.7 Å². The largest absolute Gasteiger partial charge is 0.394 e. The van der Waals surface area contributed by atoms with E-state index in [1.807, 2.05) is 0 Å². The van der Waals surface area contributed by atoms with Crippen molar-refractivity contribution >= 4 is 6.08 Å². The Morgan fingerprint density at radius 3 is 1.97 bits per heavy atom. The van der Waals surface area contributed by atoms with Crippen molar-refractivity contribution in [1.82, 2.24) is 19.1 Å². The summed E-state index contributed by atoms with van der Waals surface area (Å²) in [5.74, 6) is 0. The summed E-state index contributed by atoms with van der Waals surface area (Å²) in [5.41, 5.74) is -1.83. The Morgan fingerprint density at radius 2 is 1.49 bits per heavy atom. The van der Waals surface area contributed by atoms with Crippen LogP contribution < -0.4 is 22.5 Å². The molecule has 0 saturated carbocycles. The van der Waals surface area contributed by atoms with Gasteiger partial charge in [-0.05, 0) is 6.92 Å². The van der Waals surface area contributed by atoms with Crippen molar-refractivity contribution in [3.8, 4) is 0 Å². The molecule has 0 unspecified atom stereocenters. The number of hydrogen-bond acceptors (Lipinski definition) is 10. The van der Waals surface area contributed by atoms with Crippen LogP contribution in [0.25, 0.3) is 6.08 Å². The minimum Gasteiger partial charge on any atom is -0.394 e. The molecular weight excluding hydrogens is 468 g/mol. The zero-order chi connectivity index (χ0) is 25.7.